The predicted molar refractivity (Wildman–Crippen MR) is 94.0 cm³/mol. The third-order valence-electron chi connectivity index (χ3n) is 2.73. The van der Waals surface area contributed by atoms with Crippen molar-refractivity contribution in [2.45, 2.75) is 71.1 Å². The third kappa shape index (κ3) is 36.7. The van der Waals surface area contributed by atoms with Crippen molar-refractivity contribution < 1.29 is 17.2 Å². The minimum absolute atomic E-state index is 0. The van der Waals surface area contributed by atoms with E-state index < -0.39 is 10.4 Å². The molecular weight excluding hydrogens is 304 g/mol. The number of hydrogen-bond donors (Lipinski definition) is 2. The minimum Gasteiger partial charge on any atom is -0.344 e. The Hall–Kier alpha value is -0.210. The van der Waals surface area contributed by atoms with Gasteiger partial charge < -0.3 is 11.1 Å². The minimum atomic E-state index is -4.23. The molecule has 0 radical (unpaired) electrons. The van der Waals surface area contributed by atoms with Crippen molar-refractivity contribution in [3.63, 3.8) is 0 Å². The van der Waals surface area contributed by atoms with Gasteiger partial charge in [0.05, 0.1) is 6.61 Å². The van der Waals surface area contributed by atoms with Crippen LogP contribution >= 0.6 is 0 Å². The number of hydrogen-bond acceptors (Lipinski definition) is 5. The van der Waals surface area contributed by atoms with Gasteiger partial charge >= 0.3 is 10.4 Å². The highest BCUT2D eigenvalue weighted by Crippen LogP contribution is 2.10. The second kappa shape index (κ2) is 18.8. The zero-order chi connectivity index (χ0) is 16.6. The molecule has 0 heterocycles. The van der Waals surface area contributed by atoms with Gasteiger partial charge in [0.15, 0.2) is 0 Å². The lowest BCUT2D eigenvalue weighted by Gasteiger charge is -2.02. The summed E-state index contributed by atoms with van der Waals surface area (Å²) in [4.78, 5) is 2.00. The molecule has 0 aromatic heterocycles. The summed E-state index contributed by atoms with van der Waals surface area (Å²) in [7, 11) is 1.77. The van der Waals surface area contributed by atoms with Crippen LogP contribution < -0.4 is 6.15 Å². The highest BCUT2D eigenvalue weighted by atomic mass is 32.3. The fourth-order valence-corrected chi connectivity index (χ4v) is 2.08. The standard InChI is InChI=1S/C12H26O4S.C3H9N.H3N/c1-2-3-4-5-6-7-8-9-10-11-12-16-17(13,14)15;1-4(2)3;/h2-12H2,1H3,(H,13,14,15);1-3H3;1H3. The van der Waals surface area contributed by atoms with E-state index in [0.717, 1.165) is 12.8 Å². The Morgan fingerprint density at radius 1 is 0.818 bits per heavy atom. The summed E-state index contributed by atoms with van der Waals surface area (Å²) >= 11 is 0. The van der Waals surface area contributed by atoms with E-state index in [9.17, 15) is 8.42 Å². The average Bonchev–Trinajstić information content (AvgIpc) is 2.34. The second-order valence-electron chi connectivity index (χ2n) is 5.77. The van der Waals surface area contributed by atoms with Crippen LogP contribution in [0.2, 0.25) is 0 Å². The second-order valence-corrected chi connectivity index (χ2v) is 6.86. The van der Waals surface area contributed by atoms with Crippen molar-refractivity contribution in [1.82, 2.24) is 11.1 Å². The van der Waals surface area contributed by atoms with E-state index in [-0.39, 0.29) is 12.8 Å². The van der Waals surface area contributed by atoms with Gasteiger partial charge in [-0.15, -0.1) is 0 Å². The van der Waals surface area contributed by atoms with Crippen LogP contribution in [-0.4, -0.2) is 45.6 Å². The molecule has 0 amide bonds. The summed E-state index contributed by atoms with van der Waals surface area (Å²) in [5, 5.41) is 0. The molecule has 0 atom stereocenters. The molecule has 4 N–H and O–H groups in total. The van der Waals surface area contributed by atoms with Gasteiger partial charge in [0.25, 0.3) is 0 Å². The molecule has 0 aromatic carbocycles. The van der Waals surface area contributed by atoms with Crippen LogP contribution in [0.15, 0.2) is 0 Å². The molecule has 7 heteroatoms. The first-order valence-electron chi connectivity index (χ1n) is 8.02. The van der Waals surface area contributed by atoms with Crippen LogP contribution in [0.5, 0.6) is 0 Å². The number of rotatable bonds is 12. The molecule has 0 spiro atoms. The summed E-state index contributed by atoms with van der Waals surface area (Å²) in [6, 6.07) is 0. The van der Waals surface area contributed by atoms with Crippen molar-refractivity contribution in [1.29, 1.82) is 0 Å². The van der Waals surface area contributed by atoms with Crippen LogP contribution in [0, 0.1) is 0 Å². The van der Waals surface area contributed by atoms with Crippen molar-refractivity contribution in [3.05, 3.63) is 0 Å². The maximum Gasteiger partial charge on any atom is 0.397 e. The molecule has 0 aromatic rings. The van der Waals surface area contributed by atoms with Crippen LogP contribution in [0.3, 0.4) is 0 Å². The van der Waals surface area contributed by atoms with Gasteiger partial charge in [-0.05, 0) is 27.6 Å². The molecule has 138 valence electrons. The predicted octanol–water partition coefficient (Wildman–Crippen LogP) is 4.07. The van der Waals surface area contributed by atoms with E-state index in [1.807, 2.05) is 26.0 Å². The maximum atomic E-state index is 10.2. The van der Waals surface area contributed by atoms with Gasteiger partial charge in [-0.3, -0.25) is 4.55 Å². The van der Waals surface area contributed by atoms with E-state index in [2.05, 4.69) is 11.1 Å². The van der Waals surface area contributed by atoms with E-state index in [1.54, 1.807) is 0 Å². The van der Waals surface area contributed by atoms with Crippen LogP contribution in [0.1, 0.15) is 71.1 Å². The first kappa shape index (κ1) is 26.7. The van der Waals surface area contributed by atoms with Crippen molar-refractivity contribution in [2.24, 2.45) is 0 Å². The zero-order valence-corrected chi connectivity index (χ0v) is 15.8. The van der Waals surface area contributed by atoms with Gasteiger partial charge in [-0.25, -0.2) is 4.18 Å². The molecule has 0 unspecified atom stereocenters. The smallest absolute Gasteiger partial charge is 0.344 e. The Bertz CT molecular complexity index is 293. The lowest BCUT2D eigenvalue weighted by atomic mass is 10.1. The molecule has 0 saturated heterocycles. The number of unbranched alkanes of at least 4 members (excludes halogenated alkanes) is 9. The van der Waals surface area contributed by atoms with E-state index >= 15 is 0 Å². The molecular formula is C15H38N2O4S. The quantitative estimate of drug-likeness (QED) is 0.409. The first-order valence-corrected chi connectivity index (χ1v) is 9.39. The maximum absolute atomic E-state index is 10.2. The lowest BCUT2D eigenvalue weighted by molar-refractivity contribution is 0.261. The molecule has 0 fully saturated rings. The Labute approximate surface area is 138 Å². The Morgan fingerprint density at radius 3 is 1.45 bits per heavy atom. The summed E-state index contributed by atoms with van der Waals surface area (Å²) in [5.41, 5.74) is 0. The lowest BCUT2D eigenvalue weighted by Crippen LogP contribution is -2.04. The number of nitrogens with zero attached hydrogens (tertiary/aromatic N) is 1. The highest BCUT2D eigenvalue weighted by Gasteiger charge is 2.02. The molecule has 0 aliphatic heterocycles. The van der Waals surface area contributed by atoms with Gasteiger partial charge in [0.2, 0.25) is 0 Å². The molecule has 0 aliphatic rings. The van der Waals surface area contributed by atoms with Crippen LogP contribution in [-0.2, 0) is 14.6 Å². The Balaban J connectivity index is -0.000000640. The van der Waals surface area contributed by atoms with Gasteiger partial charge in [-0.1, -0.05) is 64.7 Å². The molecule has 0 rings (SSSR count). The van der Waals surface area contributed by atoms with Crippen LogP contribution in [0.4, 0.5) is 0 Å². The first-order chi connectivity index (χ1) is 9.79. The third-order valence-corrected chi connectivity index (χ3v) is 3.19. The van der Waals surface area contributed by atoms with Gasteiger partial charge in [0, 0.05) is 0 Å². The summed E-state index contributed by atoms with van der Waals surface area (Å²) < 4.78 is 33.0. The van der Waals surface area contributed by atoms with Crippen molar-refractivity contribution >= 4 is 10.4 Å². The largest absolute Gasteiger partial charge is 0.397 e. The topological polar surface area (TPSA) is 102 Å². The fraction of sp³-hybridized carbons (Fsp3) is 1.00. The molecule has 0 bridgehead atoms. The SMILES string of the molecule is CCCCCCCCCCCCOS(=O)(=O)O.CN(C)C.N. The Morgan fingerprint density at radius 2 is 1.14 bits per heavy atom. The normalized spacial score (nSPS) is 10.8. The summed E-state index contributed by atoms with van der Waals surface area (Å²) in [5.74, 6) is 0. The average molecular weight is 343 g/mol. The molecule has 22 heavy (non-hydrogen) atoms. The van der Waals surface area contributed by atoms with E-state index in [4.69, 9.17) is 4.55 Å². The van der Waals surface area contributed by atoms with Gasteiger partial charge in [0.1, 0.15) is 0 Å². The van der Waals surface area contributed by atoms with E-state index in [1.165, 1.54) is 44.9 Å². The zero-order valence-electron chi connectivity index (χ0n) is 15.0. The van der Waals surface area contributed by atoms with Crippen molar-refractivity contribution in [3.8, 4) is 0 Å². The molecule has 6 nitrogen and oxygen atoms in total. The Kier molecular flexibility index (Phi) is 22.8. The molecule has 0 aliphatic carbocycles. The van der Waals surface area contributed by atoms with Crippen LogP contribution in [0.25, 0.3) is 0 Å². The fourth-order valence-electron chi connectivity index (χ4n) is 1.75. The monoisotopic (exact) mass is 342 g/mol. The summed E-state index contributed by atoms with van der Waals surface area (Å²) in [6.45, 7) is 2.31. The highest BCUT2D eigenvalue weighted by molar-refractivity contribution is 7.80. The van der Waals surface area contributed by atoms with E-state index in [0.29, 0.717) is 6.42 Å². The van der Waals surface area contributed by atoms with Gasteiger partial charge in [-0.2, -0.15) is 8.42 Å². The molecule has 0 saturated carbocycles. The van der Waals surface area contributed by atoms with Crippen molar-refractivity contribution in [2.75, 3.05) is 27.7 Å². The summed E-state index contributed by atoms with van der Waals surface area (Å²) in [6.07, 6.45) is 11.9.